The lowest BCUT2D eigenvalue weighted by Crippen LogP contribution is -2.27. The van der Waals surface area contributed by atoms with Crippen LogP contribution in [0.25, 0.3) is 0 Å². The molecule has 10 heavy (non-hydrogen) atoms. The van der Waals surface area contributed by atoms with Crippen LogP contribution >= 0.6 is 11.8 Å². The molecule has 4 heteroatoms. The second-order valence-corrected chi connectivity index (χ2v) is 2.89. The molecule has 2 N–H and O–H groups in total. The van der Waals surface area contributed by atoms with Crippen molar-refractivity contribution in [2.45, 2.75) is 0 Å². The summed E-state index contributed by atoms with van der Waals surface area (Å²) in [5.74, 6) is 0. The summed E-state index contributed by atoms with van der Waals surface area (Å²) in [6, 6.07) is 0. The van der Waals surface area contributed by atoms with Gasteiger partial charge in [-0.2, -0.15) is 0 Å². The van der Waals surface area contributed by atoms with Crippen LogP contribution in [-0.2, 0) is 0 Å². The Morgan fingerprint density at radius 1 is 0.900 bits per heavy atom. The van der Waals surface area contributed by atoms with Crippen LogP contribution in [0.15, 0.2) is 0 Å². The zero-order valence-electron chi connectivity index (χ0n) is 6.07. The van der Waals surface area contributed by atoms with E-state index in [1.165, 1.54) is 0 Å². The Morgan fingerprint density at radius 3 is 1.90 bits per heavy atom. The van der Waals surface area contributed by atoms with Crippen molar-refractivity contribution in [3.05, 3.63) is 0 Å². The van der Waals surface area contributed by atoms with E-state index in [-0.39, 0.29) is 0 Å². The first-order valence-corrected chi connectivity index (χ1v) is 4.05. The SMILES string of the molecule is ClN1CCNCCNCC1. The minimum Gasteiger partial charge on any atom is -0.314 e. The third kappa shape index (κ3) is 3.37. The Kier molecular flexibility index (Phi) is 4.06. The topological polar surface area (TPSA) is 27.3 Å². The lowest BCUT2D eigenvalue weighted by atomic mass is 10.5. The van der Waals surface area contributed by atoms with E-state index in [1.54, 1.807) is 0 Å². The fraction of sp³-hybridized carbons (Fsp3) is 1.00. The number of nitrogens with one attached hydrogen (secondary N) is 2. The Bertz CT molecular complexity index is 79.1. The van der Waals surface area contributed by atoms with Crippen molar-refractivity contribution in [2.24, 2.45) is 0 Å². The van der Waals surface area contributed by atoms with Crippen molar-refractivity contribution >= 4 is 11.8 Å². The Hall–Kier alpha value is 0.170. The molecule has 0 aromatic heterocycles. The zero-order chi connectivity index (χ0) is 7.23. The van der Waals surface area contributed by atoms with E-state index in [0.717, 1.165) is 39.3 Å². The highest BCUT2D eigenvalue weighted by Gasteiger charge is 2.01. The molecule has 0 aromatic carbocycles. The molecule has 60 valence electrons. The number of hydrogen-bond acceptors (Lipinski definition) is 3. The summed E-state index contributed by atoms with van der Waals surface area (Å²) in [6.45, 7) is 5.94. The van der Waals surface area contributed by atoms with Gasteiger partial charge in [0.05, 0.1) is 0 Å². The van der Waals surface area contributed by atoms with E-state index in [1.807, 2.05) is 4.42 Å². The fourth-order valence-corrected chi connectivity index (χ4v) is 1.11. The van der Waals surface area contributed by atoms with Crippen molar-refractivity contribution in [3.8, 4) is 0 Å². The van der Waals surface area contributed by atoms with Crippen LogP contribution in [0.1, 0.15) is 0 Å². The summed E-state index contributed by atoms with van der Waals surface area (Å²) < 4.78 is 1.81. The van der Waals surface area contributed by atoms with Crippen molar-refractivity contribution in [1.29, 1.82) is 0 Å². The summed E-state index contributed by atoms with van der Waals surface area (Å²) in [7, 11) is 0. The molecule has 0 atom stereocenters. The van der Waals surface area contributed by atoms with Crippen LogP contribution in [0, 0.1) is 0 Å². The number of halogens is 1. The molecule has 3 nitrogen and oxygen atoms in total. The molecule has 0 amide bonds. The van der Waals surface area contributed by atoms with Crippen LogP contribution in [0.4, 0.5) is 0 Å². The average Bonchev–Trinajstić information content (AvgIpc) is 2.02. The van der Waals surface area contributed by atoms with Gasteiger partial charge in [-0.05, 0) is 11.8 Å². The van der Waals surface area contributed by atoms with Crippen LogP contribution < -0.4 is 10.6 Å². The molecular formula is C6H14ClN3. The predicted octanol–water partition coefficient (Wildman–Crippen LogP) is -0.365. The van der Waals surface area contributed by atoms with E-state index in [0.29, 0.717) is 0 Å². The average molecular weight is 164 g/mol. The molecule has 1 rings (SSSR count). The maximum atomic E-state index is 5.82. The molecule has 0 bridgehead atoms. The molecule has 1 fully saturated rings. The highest BCUT2D eigenvalue weighted by Crippen LogP contribution is 1.90. The van der Waals surface area contributed by atoms with Gasteiger partial charge in [0.1, 0.15) is 0 Å². The minimum atomic E-state index is 0.934. The maximum Gasteiger partial charge on any atom is 0.0264 e. The highest BCUT2D eigenvalue weighted by atomic mass is 35.5. The van der Waals surface area contributed by atoms with Gasteiger partial charge in [-0.15, -0.1) is 0 Å². The highest BCUT2D eigenvalue weighted by molar-refractivity contribution is 6.13. The monoisotopic (exact) mass is 163 g/mol. The van der Waals surface area contributed by atoms with Crippen LogP contribution in [-0.4, -0.2) is 43.7 Å². The second-order valence-electron chi connectivity index (χ2n) is 2.41. The second kappa shape index (κ2) is 4.91. The van der Waals surface area contributed by atoms with Gasteiger partial charge in [0.15, 0.2) is 0 Å². The van der Waals surface area contributed by atoms with Crippen molar-refractivity contribution in [1.82, 2.24) is 15.1 Å². The molecule has 1 saturated heterocycles. The molecular weight excluding hydrogens is 150 g/mol. The molecule has 0 aliphatic carbocycles. The summed E-state index contributed by atoms with van der Waals surface area (Å²) in [5.41, 5.74) is 0. The van der Waals surface area contributed by atoms with Crippen molar-refractivity contribution in [3.63, 3.8) is 0 Å². The number of nitrogens with zero attached hydrogens (tertiary/aromatic N) is 1. The van der Waals surface area contributed by atoms with Crippen molar-refractivity contribution < 1.29 is 0 Å². The summed E-state index contributed by atoms with van der Waals surface area (Å²) in [5, 5.41) is 6.54. The van der Waals surface area contributed by atoms with Gasteiger partial charge in [0.2, 0.25) is 0 Å². The van der Waals surface area contributed by atoms with Crippen LogP contribution in [0.5, 0.6) is 0 Å². The summed E-state index contributed by atoms with van der Waals surface area (Å²) in [4.78, 5) is 0. The van der Waals surface area contributed by atoms with E-state index < -0.39 is 0 Å². The smallest absolute Gasteiger partial charge is 0.0264 e. The first-order valence-electron chi connectivity index (χ1n) is 3.72. The van der Waals surface area contributed by atoms with Gasteiger partial charge in [-0.3, -0.25) is 0 Å². The van der Waals surface area contributed by atoms with Gasteiger partial charge >= 0.3 is 0 Å². The summed E-state index contributed by atoms with van der Waals surface area (Å²) >= 11 is 5.82. The largest absolute Gasteiger partial charge is 0.314 e. The molecule has 1 aliphatic rings. The lowest BCUT2D eigenvalue weighted by Gasteiger charge is -2.10. The molecule has 1 aliphatic heterocycles. The Balaban J connectivity index is 2.15. The number of rotatable bonds is 0. The molecule has 0 unspecified atom stereocenters. The van der Waals surface area contributed by atoms with E-state index in [2.05, 4.69) is 10.6 Å². The molecule has 1 heterocycles. The van der Waals surface area contributed by atoms with Crippen molar-refractivity contribution in [2.75, 3.05) is 39.3 Å². The standard InChI is InChI=1S/C6H14ClN3/c7-10-5-3-8-1-2-9-4-6-10/h8-9H,1-6H2. The summed E-state index contributed by atoms with van der Waals surface area (Å²) in [6.07, 6.45) is 0. The van der Waals surface area contributed by atoms with Crippen LogP contribution in [0.3, 0.4) is 0 Å². The normalized spacial score (nSPS) is 24.9. The minimum absolute atomic E-state index is 0.934. The quantitative estimate of drug-likeness (QED) is 0.478. The van der Waals surface area contributed by atoms with Gasteiger partial charge < -0.3 is 10.6 Å². The van der Waals surface area contributed by atoms with Gasteiger partial charge in [-0.1, -0.05) is 0 Å². The van der Waals surface area contributed by atoms with Gasteiger partial charge in [-0.25, -0.2) is 4.42 Å². The van der Waals surface area contributed by atoms with Gasteiger partial charge in [0, 0.05) is 39.3 Å². The fourth-order valence-electron chi connectivity index (χ4n) is 0.939. The zero-order valence-corrected chi connectivity index (χ0v) is 6.82. The first kappa shape index (κ1) is 8.27. The third-order valence-corrected chi connectivity index (χ3v) is 1.88. The van der Waals surface area contributed by atoms with E-state index in [4.69, 9.17) is 11.8 Å². The first-order chi connectivity index (χ1) is 4.89. The Morgan fingerprint density at radius 2 is 1.40 bits per heavy atom. The van der Waals surface area contributed by atoms with E-state index >= 15 is 0 Å². The number of hydrogen-bond donors (Lipinski definition) is 2. The Labute approximate surface area is 66.8 Å². The van der Waals surface area contributed by atoms with Crippen LogP contribution in [0.2, 0.25) is 0 Å². The molecule has 0 saturated carbocycles. The molecule has 0 aromatic rings. The molecule has 0 radical (unpaired) electrons. The lowest BCUT2D eigenvalue weighted by molar-refractivity contribution is 0.456. The molecule has 0 spiro atoms. The maximum absolute atomic E-state index is 5.82. The predicted molar refractivity (Wildman–Crippen MR) is 43.2 cm³/mol. The van der Waals surface area contributed by atoms with E-state index in [9.17, 15) is 0 Å². The third-order valence-electron chi connectivity index (χ3n) is 1.54. The van der Waals surface area contributed by atoms with Gasteiger partial charge in [0.25, 0.3) is 0 Å².